The standard InChI is InChI=1S/C22H25N5O5/c28-20(24-14-19-5-3-11-31-19)15-32-18-8-6-16(7-9-18)12-26-27-22(30)21(29)25-13-17-4-1-2-10-23-17/h1-2,4,6-10,12,19H,3,5,11,13-15H2,(H,24,28)(H,25,29)(H,27,30)/b26-12-/t19-/m1/s1. The van der Waals surface area contributed by atoms with Gasteiger partial charge in [0.1, 0.15) is 5.75 Å². The lowest BCUT2D eigenvalue weighted by Crippen LogP contribution is -2.37. The van der Waals surface area contributed by atoms with Crippen LogP contribution in [-0.4, -0.2) is 54.8 Å². The second-order valence-corrected chi connectivity index (χ2v) is 7.00. The van der Waals surface area contributed by atoms with Crippen molar-refractivity contribution in [3.8, 4) is 5.75 Å². The molecule has 0 radical (unpaired) electrons. The molecule has 0 saturated carbocycles. The fourth-order valence-electron chi connectivity index (χ4n) is 2.85. The minimum Gasteiger partial charge on any atom is -0.484 e. The first kappa shape index (κ1) is 22.9. The van der Waals surface area contributed by atoms with Gasteiger partial charge in [-0.3, -0.25) is 19.4 Å². The highest BCUT2D eigenvalue weighted by Gasteiger charge is 2.16. The van der Waals surface area contributed by atoms with Gasteiger partial charge in [-0.25, -0.2) is 5.43 Å². The molecule has 3 N–H and O–H groups in total. The van der Waals surface area contributed by atoms with Gasteiger partial charge < -0.3 is 20.1 Å². The number of hydrazone groups is 1. The summed E-state index contributed by atoms with van der Waals surface area (Å²) in [5.41, 5.74) is 3.48. The Balaban J connectivity index is 1.34. The molecule has 1 aromatic heterocycles. The van der Waals surface area contributed by atoms with Gasteiger partial charge >= 0.3 is 11.8 Å². The highest BCUT2D eigenvalue weighted by Crippen LogP contribution is 2.12. The van der Waals surface area contributed by atoms with Crippen LogP contribution in [0, 0.1) is 0 Å². The molecule has 3 rings (SSSR count). The number of pyridine rings is 1. The molecule has 1 saturated heterocycles. The molecule has 2 aromatic rings. The average Bonchev–Trinajstić information content (AvgIpc) is 3.35. The first-order valence-corrected chi connectivity index (χ1v) is 10.2. The number of carbonyl (C=O) groups is 3. The van der Waals surface area contributed by atoms with Crippen LogP contribution in [-0.2, 0) is 25.7 Å². The number of hydrogen-bond donors (Lipinski definition) is 3. The van der Waals surface area contributed by atoms with Crippen LogP contribution >= 0.6 is 0 Å². The molecule has 32 heavy (non-hydrogen) atoms. The monoisotopic (exact) mass is 439 g/mol. The van der Waals surface area contributed by atoms with Crippen LogP contribution in [0.1, 0.15) is 24.1 Å². The van der Waals surface area contributed by atoms with Crippen molar-refractivity contribution < 1.29 is 23.9 Å². The molecule has 3 amide bonds. The Bertz CT molecular complexity index is 927. The van der Waals surface area contributed by atoms with Crippen molar-refractivity contribution in [2.45, 2.75) is 25.5 Å². The van der Waals surface area contributed by atoms with Crippen LogP contribution in [0.2, 0.25) is 0 Å². The third-order valence-corrected chi connectivity index (χ3v) is 4.54. The van der Waals surface area contributed by atoms with Gasteiger partial charge in [0.15, 0.2) is 6.61 Å². The summed E-state index contributed by atoms with van der Waals surface area (Å²) in [6, 6.07) is 12.0. The summed E-state index contributed by atoms with van der Waals surface area (Å²) in [5.74, 6) is -1.39. The summed E-state index contributed by atoms with van der Waals surface area (Å²) in [6.45, 7) is 1.29. The zero-order valence-electron chi connectivity index (χ0n) is 17.5. The summed E-state index contributed by atoms with van der Waals surface area (Å²) in [4.78, 5) is 39.4. The van der Waals surface area contributed by atoms with Crippen LogP contribution in [0.5, 0.6) is 5.75 Å². The first-order chi connectivity index (χ1) is 15.6. The molecule has 10 heteroatoms. The Morgan fingerprint density at radius 3 is 2.69 bits per heavy atom. The molecule has 2 heterocycles. The van der Waals surface area contributed by atoms with Crippen LogP contribution in [0.3, 0.4) is 0 Å². The quantitative estimate of drug-likeness (QED) is 0.297. The highest BCUT2D eigenvalue weighted by atomic mass is 16.5. The second-order valence-electron chi connectivity index (χ2n) is 7.00. The number of benzene rings is 1. The minimum absolute atomic E-state index is 0.0879. The first-order valence-electron chi connectivity index (χ1n) is 10.2. The van der Waals surface area contributed by atoms with Crippen molar-refractivity contribution in [3.05, 3.63) is 59.9 Å². The number of nitrogens with one attached hydrogen (secondary N) is 3. The number of nitrogens with zero attached hydrogens (tertiary/aromatic N) is 2. The molecule has 0 bridgehead atoms. The lowest BCUT2D eigenvalue weighted by molar-refractivity contribution is -0.139. The molecule has 10 nitrogen and oxygen atoms in total. The van der Waals surface area contributed by atoms with Gasteiger partial charge in [-0.2, -0.15) is 5.10 Å². The second kappa shape index (κ2) is 12.2. The predicted octanol–water partition coefficient (Wildman–Crippen LogP) is 0.522. The maximum atomic E-state index is 11.8. The molecular formula is C22H25N5O5. The van der Waals surface area contributed by atoms with E-state index in [0.29, 0.717) is 23.6 Å². The topological polar surface area (TPSA) is 131 Å². The Morgan fingerprint density at radius 1 is 1.12 bits per heavy atom. The largest absolute Gasteiger partial charge is 0.484 e. The van der Waals surface area contributed by atoms with E-state index >= 15 is 0 Å². The van der Waals surface area contributed by atoms with E-state index in [0.717, 1.165) is 19.4 Å². The van der Waals surface area contributed by atoms with Gasteiger partial charge in [-0.15, -0.1) is 0 Å². The zero-order valence-corrected chi connectivity index (χ0v) is 17.5. The SMILES string of the molecule is O=C(COc1ccc(/C=N\NC(=O)C(=O)NCc2ccccn2)cc1)NC[C@H]1CCCO1. The van der Waals surface area contributed by atoms with E-state index < -0.39 is 11.8 Å². The van der Waals surface area contributed by atoms with E-state index in [2.05, 4.69) is 26.1 Å². The maximum Gasteiger partial charge on any atom is 0.329 e. The molecule has 1 aliphatic heterocycles. The molecule has 168 valence electrons. The van der Waals surface area contributed by atoms with E-state index in [9.17, 15) is 14.4 Å². The fraction of sp³-hybridized carbons (Fsp3) is 0.318. The van der Waals surface area contributed by atoms with Crippen molar-refractivity contribution in [3.63, 3.8) is 0 Å². The Hall–Kier alpha value is -3.79. The third-order valence-electron chi connectivity index (χ3n) is 4.54. The summed E-state index contributed by atoms with van der Waals surface area (Å²) in [5, 5.41) is 9.01. The Labute approximate surface area is 185 Å². The number of aromatic nitrogens is 1. The lowest BCUT2D eigenvalue weighted by Gasteiger charge is -2.11. The predicted molar refractivity (Wildman–Crippen MR) is 116 cm³/mol. The molecule has 1 aromatic carbocycles. The van der Waals surface area contributed by atoms with Crippen LogP contribution < -0.4 is 20.8 Å². The summed E-state index contributed by atoms with van der Waals surface area (Å²) >= 11 is 0. The van der Waals surface area contributed by atoms with E-state index in [4.69, 9.17) is 9.47 Å². The number of carbonyl (C=O) groups excluding carboxylic acids is 3. The number of amides is 3. The van der Waals surface area contributed by atoms with Crippen molar-refractivity contribution in [1.82, 2.24) is 21.0 Å². The number of hydrogen-bond acceptors (Lipinski definition) is 7. The normalized spacial score (nSPS) is 15.3. The van der Waals surface area contributed by atoms with E-state index in [1.54, 1.807) is 48.7 Å². The summed E-state index contributed by atoms with van der Waals surface area (Å²) < 4.78 is 10.9. The van der Waals surface area contributed by atoms with Crippen molar-refractivity contribution >= 4 is 23.9 Å². The average molecular weight is 439 g/mol. The smallest absolute Gasteiger partial charge is 0.329 e. The summed E-state index contributed by atoms with van der Waals surface area (Å²) in [7, 11) is 0. The van der Waals surface area contributed by atoms with Crippen LogP contribution in [0.25, 0.3) is 0 Å². The van der Waals surface area contributed by atoms with E-state index in [1.807, 2.05) is 0 Å². The van der Waals surface area contributed by atoms with Crippen LogP contribution in [0.15, 0.2) is 53.8 Å². The highest BCUT2D eigenvalue weighted by molar-refractivity contribution is 6.35. The van der Waals surface area contributed by atoms with Crippen LogP contribution in [0.4, 0.5) is 0 Å². The Kier molecular flexibility index (Phi) is 8.70. The maximum absolute atomic E-state index is 11.8. The van der Waals surface area contributed by atoms with Crippen molar-refractivity contribution in [2.24, 2.45) is 5.10 Å². The molecule has 0 spiro atoms. The van der Waals surface area contributed by atoms with Gasteiger partial charge in [-0.1, -0.05) is 6.07 Å². The van der Waals surface area contributed by atoms with Crippen molar-refractivity contribution in [1.29, 1.82) is 0 Å². The van der Waals surface area contributed by atoms with Gasteiger partial charge in [0.05, 0.1) is 24.6 Å². The molecule has 0 aliphatic carbocycles. The minimum atomic E-state index is -0.883. The molecule has 1 fully saturated rings. The zero-order chi connectivity index (χ0) is 22.6. The van der Waals surface area contributed by atoms with Crippen molar-refractivity contribution in [2.75, 3.05) is 19.8 Å². The van der Waals surface area contributed by atoms with E-state index in [-0.39, 0.29) is 25.2 Å². The number of ether oxygens (including phenoxy) is 2. The Morgan fingerprint density at radius 2 is 1.97 bits per heavy atom. The number of rotatable bonds is 9. The van der Waals surface area contributed by atoms with E-state index in [1.165, 1.54) is 6.21 Å². The summed E-state index contributed by atoms with van der Waals surface area (Å²) in [6.07, 6.45) is 5.06. The van der Waals surface area contributed by atoms with Gasteiger partial charge in [0.25, 0.3) is 5.91 Å². The molecule has 0 unspecified atom stereocenters. The van der Waals surface area contributed by atoms with Gasteiger partial charge in [0.2, 0.25) is 0 Å². The molecule has 1 atom stereocenters. The molecule has 1 aliphatic rings. The van der Waals surface area contributed by atoms with Gasteiger partial charge in [-0.05, 0) is 54.8 Å². The molecular weight excluding hydrogens is 414 g/mol. The fourth-order valence-corrected chi connectivity index (χ4v) is 2.85. The lowest BCUT2D eigenvalue weighted by atomic mass is 10.2. The third kappa shape index (κ3) is 7.80. The van der Waals surface area contributed by atoms with Gasteiger partial charge in [0, 0.05) is 19.3 Å².